The summed E-state index contributed by atoms with van der Waals surface area (Å²) in [6.07, 6.45) is 4.97. The van der Waals surface area contributed by atoms with E-state index in [-0.39, 0.29) is 30.3 Å². The molecule has 0 bridgehead atoms. The molecule has 5 nitrogen and oxygen atoms in total. The predicted octanol–water partition coefficient (Wildman–Crippen LogP) is 2.27. The van der Waals surface area contributed by atoms with Crippen LogP contribution in [0.4, 0.5) is 0 Å². The fourth-order valence-corrected chi connectivity index (χ4v) is 2.90. The second-order valence-corrected chi connectivity index (χ2v) is 6.07. The van der Waals surface area contributed by atoms with E-state index in [1.807, 2.05) is 18.2 Å². The number of carbonyl (C=O) groups is 1. The molecule has 1 saturated heterocycles. The van der Waals surface area contributed by atoms with E-state index in [4.69, 9.17) is 9.47 Å². The van der Waals surface area contributed by atoms with Crippen molar-refractivity contribution in [3.8, 4) is 11.5 Å². The number of benzene rings is 1. The van der Waals surface area contributed by atoms with Gasteiger partial charge < -0.3 is 20.1 Å². The predicted molar refractivity (Wildman–Crippen MR) is 91.3 cm³/mol. The molecule has 1 aromatic carbocycles. The lowest BCUT2D eigenvalue weighted by Gasteiger charge is -2.26. The van der Waals surface area contributed by atoms with Crippen molar-refractivity contribution in [2.75, 3.05) is 20.2 Å². The smallest absolute Gasteiger partial charge is 0.225 e. The zero-order valence-electron chi connectivity index (χ0n) is 13.5. The van der Waals surface area contributed by atoms with Crippen LogP contribution in [0.5, 0.6) is 11.5 Å². The normalized spacial score (nSPS) is 18.0. The third kappa shape index (κ3) is 4.52. The van der Waals surface area contributed by atoms with Crippen LogP contribution in [0, 0.1) is 5.92 Å². The molecule has 6 heteroatoms. The Morgan fingerprint density at radius 3 is 2.65 bits per heavy atom. The molecule has 1 amide bonds. The summed E-state index contributed by atoms with van der Waals surface area (Å²) in [5, 5.41) is 6.12. The van der Waals surface area contributed by atoms with Gasteiger partial charge in [-0.2, -0.15) is 0 Å². The van der Waals surface area contributed by atoms with E-state index in [0.717, 1.165) is 43.0 Å². The highest BCUT2D eigenvalue weighted by Crippen LogP contribution is 2.30. The Labute approximate surface area is 143 Å². The average Bonchev–Trinajstić information content (AvgIpc) is 2.97. The average molecular weight is 341 g/mol. The quantitative estimate of drug-likeness (QED) is 0.834. The van der Waals surface area contributed by atoms with Gasteiger partial charge in [-0.05, 0) is 37.8 Å². The first-order chi connectivity index (χ1) is 10.8. The number of halogens is 1. The van der Waals surface area contributed by atoms with Crippen molar-refractivity contribution in [2.24, 2.45) is 5.92 Å². The monoisotopic (exact) mass is 340 g/mol. The maximum Gasteiger partial charge on any atom is 0.225 e. The molecule has 0 spiro atoms. The van der Waals surface area contributed by atoms with Gasteiger partial charge in [0.15, 0.2) is 0 Å². The number of carbonyl (C=O) groups excluding carboxylic acids is 1. The molecule has 1 aliphatic carbocycles. The van der Waals surface area contributed by atoms with Crippen LogP contribution < -0.4 is 20.1 Å². The maximum atomic E-state index is 12.0. The van der Waals surface area contributed by atoms with Crippen molar-refractivity contribution >= 4 is 18.3 Å². The SMILES string of the molecule is COc1ccc(CNC(=O)C2CNC2)c(OC2CCCC2)c1.Cl. The van der Waals surface area contributed by atoms with Crippen LogP contribution in [0.3, 0.4) is 0 Å². The molecule has 2 aliphatic rings. The van der Waals surface area contributed by atoms with E-state index in [9.17, 15) is 4.79 Å². The van der Waals surface area contributed by atoms with Crippen molar-refractivity contribution < 1.29 is 14.3 Å². The van der Waals surface area contributed by atoms with Crippen LogP contribution in [0.1, 0.15) is 31.2 Å². The molecule has 128 valence electrons. The van der Waals surface area contributed by atoms with Gasteiger partial charge in [0.05, 0.1) is 19.1 Å². The number of ether oxygens (including phenoxy) is 2. The van der Waals surface area contributed by atoms with E-state index < -0.39 is 0 Å². The highest BCUT2D eigenvalue weighted by atomic mass is 35.5. The third-order valence-corrected chi connectivity index (χ3v) is 4.48. The van der Waals surface area contributed by atoms with Gasteiger partial charge in [0.2, 0.25) is 5.91 Å². The molecule has 0 atom stereocenters. The molecule has 1 aromatic rings. The summed E-state index contributed by atoms with van der Waals surface area (Å²) in [4.78, 5) is 12.0. The molecular formula is C17H25ClN2O3. The van der Waals surface area contributed by atoms with Gasteiger partial charge in [0.25, 0.3) is 0 Å². The lowest BCUT2D eigenvalue weighted by molar-refractivity contribution is -0.126. The first-order valence-electron chi connectivity index (χ1n) is 8.08. The zero-order valence-corrected chi connectivity index (χ0v) is 14.3. The van der Waals surface area contributed by atoms with Crippen LogP contribution in [-0.2, 0) is 11.3 Å². The van der Waals surface area contributed by atoms with Crippen LogP contribution in [-0.4, -0.2) is 32.2 Å². The molecule has 0 unspecified atom stereocenters. The Hall–Kier alpha value is -1.46. The molecule has 23 heavy (non-hydrogen) atoms. The Bertz CT molecular complexity index is 529. The summed E-state index contributed by atoms with van der Waals surface area (Å²) in [6, 6.07) is 5.81. The fraction of sp³-hybridized carbons (Fsp3) is 0.588. The molecule has 3 rings (SSSR count). The lowest BCUT2D eigenvalue weighted by atomic mass is 10.0. The summed E-state index contributed by atoms with van der Waals surface area (Å²) < 4.78 is 11.4. The van der Waals surface area contributed by atoms with Gasteiger partial charge in [-0.25, -0.2) is 0 Å². The van der Waals surface area contributed by atoms with Crippen molar-refractivity contribution in [3.63, 3.8) is 0 Å². The number of hydrogen-bond donors (Lipinski definition) is 2. The van der Waals surface area contributed by atoms with Gasteiger partial charge in [-0.15, -0.1) is 12.4 Å². The number of nitrogens with one attached hydrogen (secondary N) is 2. The van der Waals surface area contributed by atoms with Gasteiger partial charge in [0, 0.05) is 31.3 Å². The minimum Gasteiger partial charge on any atom is -0.497 e. The summed E-state index contributed by atoms with van der Waals surface area (Å²) >= 11 is 0. The molecule has 0 radical (unpaired) electrons. The van der Waals surface area contributed by atoms with E-state index >= 15 is 0 Å². The minimum atomic E-state index is 0. The number of hydrogen-bond acceptors (Lipinski definition) is 4. The van der Waals surface area contributed by atoms with Crippen LogP contribution in [0.15, 0.2) is 18.2 Å². The highest BCUT2D eigenvalue weighted by Gasteiger charge is 2.25. The second-order valence-electron chi connectivity index (χ2n) is 6.07. The number of amides is 1. The largest absolute Gasteiger partial charge is 0.497 e. The lowest BCUT2D eigenvalue weighted by Crippen LogP contribution is -2.50. The maximum absolute atomic E-state index is 12.0. The first-order valence-corrected chi connectivity index (χ1v) is 8.08. The molecule has 1 aliphatic heterocycles. The fourth-order valence-electron chi connectivity index (χ4n) is 2.90. The summed E-state index contributed by atoms with van der Waals surface area (Å²) in [5.41, 5.74) is 1.01. The number of methoxy groups -OCH3 is 1. The Balaban J connectivity index is 0.00000192. The summed E-state index contributed by atoms with van der Waals surface area (Å²) in [7, 11) is 1.65. The van der Waals surface area contributed by atoms with Gasteiger partial charge >= 0.3 is 0 Å². The van der Waals surface area contributed by atoms with E-state index in [1.165, 1.54) is 12.8 Å². The standard InChI is InChI=1S/C17H24N2O3.ClH/c1-21-15-7-6-12(11-19-17(20)13-9-18-10-13)16(8-15)22-14-4-2-3-5-14;/h6-8,13-14,18H,2-5,9-11H2,1H3,(H,19,20);1H. The van der Waals surface area contributed by atoms with Gasteiger partial charge in [-0.3, -0.25) is 4.79 Å². The van der Waals surface area contributed by atoms with E-state index in [2.05, 4.69) is 10.6 Å². The first kappa shape index (κ1) is 17.9. The van der Waals surface area contributed by atoms with Crippen molar-refractivity contribution in [1.82, 2.24) is 10.6 Å². The number of rotatable bonds is 6. The Morgan fingerprint density at radius 1 is 1.30 bits per heavy atom. The van der Waals surface area contributed by atoms with Gasteiger partial charge in [-0.1, -0.05) is 0 Å². The van der Waals surface area contributed by atoms with Crippen LogP contribution in [0.25, 0.3) is 0 Å². The third-order valence-electron chi connectivity index (χ3n) is 4.48. The summed E-state index contributed by atoms with van der Waals surface area (Å²) in [6.45, 7) is 2.06. The molecule has 1 saturated carbocycles. The van der Waals surface area contributed by atoms with Crippen LogP contribution >= 0.6 is 12.4 Å². The molecule has 1 heterocycles. The highest BCUT2D eigenvalue weighted by molar-refractivity contribution is 5.85. The van der Waals surface area contributed by atoms with Crippen molar-refractivity contribution in [3.05, 3.63) is 23.8 Å². The molecular weight excluding hydrogens is 316 g/mol. The van der Waals surface area contributed by atoms with Crippen molar-refractivity contribution in [1.29, 1.82) is 0 Å². The van der Waals surface area contributed by atoms with E-state index in [1.54, 1.807) is 7.11 Å². The molecule has 2 N–H and O–H groups in total. The summed E-state index contributed by atoms with van der Waals surface area (Å²) in [5.74, 6) is 1.84. The molecule has 0 aromatic heterocycles. The Kier molecular flexibility index (Phi) is 6.54. The van der Waals surface area contributed by atoms with E-state index in [0.29, 0.717) is 6.54 Å². The minimum absolute atomic E-state index is 0. The topological polar surface area (TPSA) is 59.6 Å². The van der Waals surface area contributed by atoms with Gasteiger partial charge in [0.1, 0.15) is 11.5 Å². The van der Waals surface area contributed by atoms with Crippen molar-refractivity contribution in [2.45, 2.75) is 38.3 Å². The second kappa shape index (κ2) is 8.41. The molecule has 2 fully saturated rings. The Morgan fingerprint density at radius 2 is 2.04 bits per heavy atom. The van der Waals surface area contributed by atoms with Crippen LogP contribution in [0.2, 0.25) is 0 Å². The zero-order chi connectivity index (χ0) is 15.4.